The number of halogens is 1. The van der Waals surface area contributed by atoms with Crippen molar-refractivity contribution in [2.45, 2.75) is 46.7 Å². The highest BCUT2D eigenvalue weighted by molar-refractivity contribution is 14.0. The Balaban J connectivity index is 0.00000420. The van der Waals surface area contributed by atoms with Crippen LogP contribution in [-0.2, 0) is 20.0 Å². The Morgan fingerprint density at radius 1 is 1.28 bits per heavy atom. The minimum atomic E-state index is 0. The van der Waals surface area contributed by atoms with Crippen LogP contribution in [0.1, 0.15) is 36.4 Å². The summed E-state index contributed by atoms with van der Waals surface area (Å²) in [6.07, 6.45) is 0.892. The number of benzene rings is 1. The molecule has 0 aliphatic carbocycles. The van der Waals surface area contributed by atoms with E-state index in [2.05, 4.69) is 41.5 Å². The third kappa shape index (κ3) is 6.80. The van der Waals surface area contributed by atoms with Gasteiger partial charge < -0.3 is 20.1 Å². The summed E-state index contributed by atoms with van der Waals surface area (Å²) in [5.41, 5.74) is 4.66. The topological polar surface area (TPSA) is 72.7 Å². The van der Waals surface area contributed by atoms with Crippen LogP contribution in [0.4, 0.5) is 0 Å². The molecule has 1 aromatic carbocycles. The van der Waals surface area contributed by atoms with Crippen molar-refractivity contribution in [3.05, 3.63) is 40.7 Å². The van der Waals surface area contributed by atoms with Crippen molar-refractivity contribution in [1.82, 2.24) is 20.4 Å². The van der Waals surface area contributed by atoms with E-state index < -0.39 is 0 Å². The van der Waals surface area contributed by atoms with Crippen molar-refractivity contribution < 1.29 is 9.47 Å². The first-order valence-electron chi connectivity index (χ1n) is 9.65. The maximum atomic E-state index is 5.57. The van der Waals surface area contributed by atoms with Gasteiger partial charge in [-0.25, -0.2) is 0 Å². The van der Waals surface area contributed by atoms with Gasteiger partial charge in [-0.15, -0.1) is 24.0 Å². The Hall–Kier alpha value is -1.97. The number of hydrogen-bond acceptors (Lipinski definition) is 4. The first kappa shape index (κ1) is 25.1. The van der Waals surface area contributed by atoms with Crippen molar-refractivity contribution in [2.75, 3.05) is 20.8 Å². The second kappa shape index (κ2) is 11.9. The van der Waals surface area contributed by atoms with E-state index in [0.29, 0.717) is 13.2 Å². The number of rotatable bonds is 8. The van der Waals surface area contributed by atoms with Crippen LogP contribution in [0.25, 0.3) is 0 Å². The zero-order chi connectivity index (χ0) is 20.7. The highest BCUT2D eigenvalue weighted by Crippen LogP contribution is 2.27. The molecule has 0 spiro atoms. The Bertz CT molecular complexity index is 820. The fourth-order valence-corrected chi connectivity index (χ4v) is 3.18. The predicted octanol–water partition coefficient (Wildman–Crippen LogP) is 3.36. The third-order valence-corrected chi connectivity index (χ3v) is 4.76. The summed E-state index contributed by atoms with van der Waals surface area (Å²) in [5.74, 6) is 2.26. The zero-order valence-electron chi connectivity index (χ0n) is 18.5. The lowest BCUT2D eigenvalue weighted by molar-refractivity contribution is 0.310. The van der Waals surface area contributed by atoms with E-state index in [1.807, 2.05) is 36.9 Å². The molecule has 7 nitrogen and oxygen atoms in total. The van der Waals surface area contributed by atoms with E-state index in [1.165, 1.54) is 11.3 Å². The molecule has 1 heterocycles. The molecule has 1 aromatic heterocycles. The smallest absolute Gasteiger partial charge is 0.191 e. The predicted molar refractivity (Wildman–Crippen MR) is 129 cm³/mol. The molecule has 2 N–H and O–H groups in total. The highest BCUT2D eigenvalue weighted by Gasteiger charge is 2.14. The molecular weight excluding hydrogens is 481 g/mol. The summed E-state index contributed by atoms with van der Waals surface area (Å²) < 4.78 is 12.9. The van der Waals surface area contributed by atoms with Gasteiger partial charge in [0.1, 0.15) is 0 Å². The SMILES string of the molecule is CCOc1ccc(CNC(=NC)NC(C)Cc2c(C)nn(C)c2C)cc1OC.I. The van der Waals surface area contributed by atoms with E-state index in [0.717, 1.165) is 35.1 Å². The number of aryl methyl sites for hydroxylation is 2. The number of aromatic nitrogens is 2. The average Bonchev–Trinajstić information content (AvgIpc) is 2.92. The number of aliphatic imine (C=N–C) groups is 1. The van der Waals surface area contributed by atoms with Gasteiger partial charge in [-0.2, -0.15) is 5.10 Å². The van der Waals surface area contributed by atoms with E-state index in [1.54, 1.807) is 14.2 Å². The molecule has 0 saturated carbocycles. The van der Waals surface area contributed by atoms with Crippen molar-refractivity contribution in [3.8, 4) is 11.5 Å². The molecule has 1 unspecified atom stereocenters. The second-order valence-electron chi connectivity index (χ2n) is 6.87. The van der Waals surface area contributed by atoms with Crippen LogP contribution < -0.4 is 20.1 Å². The van der Waals surface area contributed by atoms with E-state index in [-0.39, 0.29) is 30.0 Å². The standard InChI is InChI=1S/C21H33N5O2.HI/c1-8-28-19-10-9-17(12-20(19)27-7)13-23-21(22-5)24-14(2)11-18-15(3)25-26(6)16(18)4;/h9-10,12,14H,8,11,13H2,1-7H3,(H2,22,23,24);1H. The molecule has 0 fully saturated rings. The lowest BCUT2D eigenvalue weighted by Gasteiger charge is -2.18. The summed E-state index contributed by atoms with van der Waals surface area (Å²) in [6.45, 7) is 9.52. The molecule has 0 aliphatic rings. The van der Waals surface area contributed by atoms with E-state index in [9.17, 15) is 0 Å². The van der Waals surface area contributed by atoms with Crippen molar-refractivity contribution >= 4 is 29.9 Å². The number of guanidine groups is 1. The van der Waals surface area contributed by atoms with Gasteiger partial charge in [0.2, 0.25) is 0 Å². The largest absolute Gasteiger partial charge is 0.493 e. The molecule has 29 heavy (non-hydrogen) atoms. The zero-order valence-corrected chi connectivity index (χ0v) is 20.8. The number of nitrogens with one attached hydrogen (secondary N) is 2. The lowest BCUT2D eigenvalue weighted by atomic mass is 10.1. The lowest BCUT2D eigenvalue weighted by Crippen LogP contribution is -2.42. The fraction of sp³-hybridized carbons (Fsp3) is 0.524. The molecule has 0 saturated heterocycles. The molecule has 2 rings (SSSR count). The average molecular weight is 515 g/mol. The first-order valence-corrected chi connectivity index (χ1v) is 9.65. The second-order valence-corrected chi connectivity index (χ2v) is 6.87. The van der Waals surface area contributed by atoms with Crippen LogP contribution in [0.5, 0.6) is 11.5 Å². The molecule has 0 aliphatic heterocycles. The molecule has 8 heteroatoms. The van der Waals surface area contributed by atoms with Gasteiger partial charge in [0.15, 0.2) is 17.5 Å². The fourth-order valence-electron chi connectivity index (χ4n) is 3.18. The van der Waals surface area contributed by atoms with Gasteiger partial charge in [-0.05, 0) is 57.4 Å². The molecule has 2 aromatic rings. The minimum absolute atomic E-state index is 0. The summed E-state index contributed by atoms with van der Waals surface area (Å²) >= 11 is 0. The van der Waals surface area contributed by atoms with Gasteiger partial charge in [0, 0.05) is 32.4 Å². The minimum Gasteiger partial charge on any atom is -0.493 e. The molecule has 0 bridgehead atoms. The highest BCUT2D eigenvalue weighted by atomic mass is 127. The van der Waals surface area contributed by atoms with Crippen LogP contribution >= 0.6 is 24.0 Å². The Morgan fingerprint density at radius 3 is 2.55 bits per heavy atom. The number of methoxy groups -OCH3 is 1. The summed E-state index contributed by atoms with van der Waals surface area (Å²) in [6, 6.07) is 6.17. The Kier molecular flexibility index (Phi) is 10.3. The van der Waals surface area contributed by atoms with Crippen molar-refractivity contribution in [2.24, 2.45) is 12.0 Å². The van der Waals surface area contributed by atoms with Crippen LogP contribution in [-0.4, -0.2) is 42.5 Å². The van der Waals surface area contributed by atoms with Crippen LogP contribution in [0.3, 0.4) is 0 Å². The summed E-state index contributed by atoms with van der Waals surface area (Å²) in [5, 5.41) is 11.3. The van der Waals surface area contributed by atoms with Gasteiger partial charge >= 0.3 is 0 Å². The van der Waals surface area contributed by atoms with Crippen LogP contribution in [0, 0.1) is 13.8 Å². The van der Waals surface area contributed by atoms with Crippen LogP contribution in [0.2, 0.25) is 0 Å². The third-order valence-electron chi connectivity index (χ3n) is 4.76. The number of ether oxygens (including phenoxy) is 2. The van der Waals surface area contributed by atoms with Gasteiger partial charge in [-0.3, -0.25) is 9.67 Å². The van der Waals surface area contributed by atoms with Crippen molar-refractivity contribution in [3.63, 3.8) is 0 Å². The first-order chi connectivity index (χ1) is 13.4. The number of hydrogen-bond donors (Lipinski definition) is 2. The molecule has 162 valence electrons. The maximum Gasteiger partial charge on any atom is 0.191 e. The molecule has 1 atom stereocenters. The Morgan fingerprint density at radius 2 is 2.00 bits per heavy atom. The number of nitrogens with zero attached hydrogens (tertiary/aromatic N) is 3. The van der Waals surface area contributed by atoms with Crippen LogP contribution in [0.15, 0.2) is 23.2 Å². The maximum absolute atomic E-state index is 5.57. The summed E-state index contributed by atoms with van der Waals surface area (Å²) in [7, 11) is 5.41. The molecule has 0 radical (unpaired) electrons. The quantitative estimate of drug-likeness (QED) is 0.321. The molecule has 0 amide bonds. The van der Waals surface area contributed by atoms with E-state index in [4.69, 9.17) is 9.47 Å². The molecular formula is C21H34IN5O2. The monoisotopic (exact) mass is 515 g/mol. The van der Waals surface area contributed by atoms with Crippen molar-refractivity contribution in [1.29, 1.82) is 0 Å². The Labute approximate surface area is 191 Å². The van der Waals surface area contributed by atoms with Gasteiger partial charge in [0.25, 0.3) is 0 Å². The van der Waals surface area contributed by atoms with E-state index >= 15 is 0 Å². The van der Waals surface area contributed by atoms with Gasteiger partial charge in [0.05, 0.1) is 19.4 Å². The normalized spacial score (nSPS) is 12.2. The summed E-state index contributed by atoms with van der Waals surface area (Å²) in [4.78, 5) is 4.34. The van der Waals surface area contributed by atoms with Gasteiger partial charge in [-0.1, -0.05) is 6.07 Å².